The van der Waals surface area contributed by atoms with Crippen molar-refractivity contribution in [3.8, 4) is 5.75 Å². The fourth-order valence-electron chi connectivity index (χ4n) is 1.62. The number of nitrogens with one attached hydrogen (secondary N) is 1. The lowest BCUT2D eigenvalue weighted by atomic mass is 10.0. The molecule has 0 spiro atoms. The Morgan fingerprint density at radius 1 is 1.43 bits per heavy atom. The van der Waals surface area contributed by atoms with Gasteiger partial charge in [0.15, 0.2) is 0 Å². The van der Waals surface area contributed by atoms with Crippen molar-refractivity contribution in [3.05, 3.63) is 29.3 Å². The van der Waals surface area contributed by atoms with Crippen LogP contribution in [0, 0.1) is 6.92 Å². The highest BCUT2D eigenvalue weighted by Crippen LogP contribution is 2.21. The minimum atomic E-state index is 0.326. The highest BCUT2D eigenvalue weighted by atomic mass is 16.3. The fourth-order valence-corrected chi connectivity index (χ4v) is 1.62. The molecule has 0 amide bonds. The molecule has 1 aliphatic heterocycles. The standard InChI is InChI=1S/C11H14N2O/c1-8-4-5-9(11(14)7-8)10-3-2-6-12-13-10/h4-5,7,12,14H,2-3,6H2,1H3. The van der Waals surface area contributed by atoms with E-state index < -0.39 is 0 Å². The Bertz CT molecular complexity index is 372. The van der Waals surface area contributed by atoms with Gasteiger partial charge < -0.3 is 10.5 Å². The SMILES string of the molecule is Cc1ccc(C2=NNCCC2)c(O)c1. The third-order valence-corrected chi connectivity index (χ3v) is 2.38. The molecular weight excluding hydrogens is 176 g/mol. The first kappa shape index (κ1) is 9.06. The van der Waals surface area contributed by atoms with Crippen molar-refractivity contribution in [1.82, 2.24) is 5.43 Å². The van der Waals surface area contributed by atoms with E-state index in [0.717, 1.165) is 36.2 Å². The average molecular weight is 190 g/mol. The Labute approximate surface area is 83.5 Å². The van der Waals surface area contributed by atoms with Crippen LogP contribution in [0.2, 0.25) is 0 Å². The molecule has 1 aromatic carbocycles. The van der Waals surface area contributed by atoms with Crippen molar-refractivity contribution in [2.75, 3.05) is 6.54 Å². The molecule has 1 aromatic rings. The number of nitrogens with zero attached hydrogens (tertiary/aromatic N) is 1. The summed E-state index contributed by atoms with van der Waals surface area (Å²) in [6.07, 6.45) is 2.01. The number of phenols is 1. The van der Waals surface area contributed by atoms with E-state index in [-0.39, 0.29) is 0 Å². The van der Waals surface area contributed by atoms with E-state index in [1.807, 2.05) is 19.1 Å². The van der Waals surface area contributed by atoms with Crippen LogP contribution >= 0.6 is 0 Å². The van der Waals surface area contributed by atoms with Crippen molar-refractivity contribution in [2.24, 2.45) is 5.10 Å². The van der Waals surface area contributed by atoms with Crippen molar-refractivity contribution in [1.29, 1.82) is 0 Å². The van der Waals surface area contributed by atoms with Crippen molar-refractivity contribution in [2.45, 2.75) is 19.8 Å². The normalized spacial score (nSPS) is 15.9. The molecule has 1 aliphatic rings. The van der Waals surface area contributed by atoms with E-state index in [9.17, 15) is 5.11 Å². The molecule has 0 saturated heterocycles. The van der Waals surface area contributed by atoms with E-state index in [1.165, 1.54) is 0 Å². The van der Waals surface area contributed by atoms with E-state index in [1.54, 1.807) is 6.07 Å². The fraction of sp³-hybridized carbons (Fsp3) is 0.364. The van der Waals surface area contributed by atoms with Crippen LogP contribution in [-0.4, -0.2) is 17.4 Å². The van der Waals surface area contributed by atoms with Crippen LogP contribution in [0.5, 0.6) is 5.75 Å². The highest BCUT2D eigenvalue weighted by Gasteiger charge is 2.11. The maximum Gasteiger partial charge on any atom is 0.124 e. The lowest BCUT2D eigenvalue weighted by Crippen LogP contribution is -2.19. The number of aromatic hydroxyl groups is 1. The van der Waals surface area contributed by atoms with Crippen LogP contribution in [-0.2, 0) is 0 Å². The van der Waals surface area contributed by atoms with Gasteiger partial charge in [-0.1, -0.05) is 6.07 Å². The molecule has 74 valence electrons. The molecule has 0 aliphatic carbocycles. The van der Waals surface area contributed by atoms with Crippen LogP contribution in [0.4, 0.5) is 0 Å². The molecule has 0 bridgehead atoms. The largest absolute Gasteiger partial charge is 0.507 e. The summed E-state index contributed by atoms with van der Waals surface area (Å²) in [6, 6.07) is 5.69. The third-order valence-electron chi connectivity index (χ3n) is 2.38. The van der Waals surface area contributed by atoms with Gasteiger partial charge in [0.05, 0.1) is 5.71 Å². The van der Waals surface area contributed by atoms with E-state index in [4.69, 9.17) is 0 Å². The van der Waals surface area contributed by atoms with Crippen LogP contribution in [0.25, 0.3) is 0 Å². The lowest BCUT2D eigenvalue weighted by molar-refractivity contribution is 0.473. The molecular formula is C11H14N2O. The van der Waals surface area contributed by atoms with Crippen LogP contribution < -0.4 is 5.43 Å². The smallest absolute Gasteiger partial charge is 0.124 e. The zero-order chi connectivity index (χ0) is 9.97. The third kappa shape index (κ3) is 1.71. The number of hydrazone groups is 1. The second-order valence-corrected chi connectivity index (χ2v) is 3.59. The minimum absolute atomic E-state index is 0.326. The van der Waals surface area contributed by atoms with Gasteiger partial charge in [0.1, 0.15) is 5.75 Å². The van der Waals surface area contributed by atoms with Gasteiger partial charge >= 0.3 is 0 Å². The predicted molar refractivity (Wildman–Crippen MR) is 56.6 cm³/mol. The molecule has 0 aromatic heterocycles. The van der Waals surface area contributed by atoms with Crippen LogP contribution in [0.3, 0.4) is 0 Å². The molecule has 3 nitrogen and oxygen atoms in total. The van der Waals surface area contributed by atoms with E-state index in [0.29, 0.717) is 5.75 Å². The summed E-state index contributed by atoms with van der Waals surface area (Å²) in [4.78, 5) is 0. The van der Waals surface area contributed by atoms with Crippen molar-refractivity contribution >= 4 is 5.71 Å². The summed E-state index contributed by atoms with van der Waals surface area (Å²) in [6.45, 7) is 2.89. The maximum atomic E-state index is 9.73. The maximum absolute atomic E-state index is 9.73. The minimum Gasteiger partial charge on any atom is -0.507 e. The van der Waals surface area contributed by atoms with Gasteiger partial charge in [0.25, 0.3) is 0 Å². The Morgan fingerprint density at radius 2 is 2.29 bits per heavy atom. The summed E-state index contributed by atoms with van der Waals surface area (Å²) in [5.41, 5.74) is 5.82. The van der Waals surface area contributed by atoms with Gasteiger partial charge in [-0.15, -0.1) is 0 Å². The second kappa shape index (κ2) is 3.70. The number of hydrogen-bond donors (Lipinski definition) is 2. The molecule has 2 N–H and O–H groups in total. The number of phenolic OH excluding ortho intramolecular Hbond substituents is 1. The topological polar surface area (TPSA) is 44.6 Å². The predicted octanol–water partition coefficient (Wildman–Crippen LogP) is 1.79. The molecule has 3 heteroatoms. The van der Waals surface area contributed by atoms with Gasteiger partial charge in [0, 0.05) is 12.1 Å². The molecule has 14 heavy (non-hydrogen) atoms. The Morgan fingerprint density at radius 3 is 2.93 bits per heavy atom. The van der Waals surface area contributed by atoms with Gasteiger partial charge in [-0.25, -0.2) is 0 Å². The molecule has 2 rings (SSSR count). The molecule has 0 unspecified atom stereocenters. The summed E-state index contributed by atoms with van der Waals surface area (Å²) in [5.74, 6) is 0.326. The van der Waals surface area contributed by atoms with Crippen LogP contribution in [0.1, 0.15) is 24.0 Å². The first-order chi connectivity index (χ1) is 6.77. The van der Waals surface area contributed by atoms with Crippen molar-refractivity contribution < 1.29 is 5.11 Å². The molecule has 0 saturated carbocycles. The summed E-state index contributed by atoms with van der Waals surface area (Å²) in [5, 5.41) is 13.9. The van der Waals surface area contributed by atoms with Gasteiger partial charge in [-0.3, -0.25) is 0 Å². The van der Waals surface area contributed by atoms with E-state index in [2.05, 4.69) is 10.5 Å². The first-order valence-electron chi connectivity index (χ1n) is 4.87. The number of rotatable bonds is 1. The zero-order valence-electron chi connectivity index (χ0n) is 8.25. The van der Waals surface area contributed by atoms with Crippen LogP contribution in [0.15, 0.2) is 23.3 Å². The Kier molecular flexibility index (Phi) is 2.39. The number of benzene rings is 1. The zero-order valence-corrected chi connectivity index (χ0v) is 8.25. The number of hydrogen-bond acceptors (Lipinski definition) is 3. The first-order valence-corrected chi connectivity index (χ1v) is 4.87. The summed E-state index contributed by atoms with van der Waals surface area (Å²) in [7, 11) is 0. The summed E-state index contributed by atoms with van der Waals surface area (Å²) >= 11 is 0. The monoisotopic (exact) mass is 190 g/mol. The second-order valence-electron chi connectivity index (χ2n) is 3.59. The van der Waals surface area contributed by atoms with Gasteiger partial charge in [0.2, 0.25) is 0 Å². The molecule has 1 heterocycles. The average Bonchev–Trinajstić information content (AvgIpc) is 2.19. The van der Waals surface area contributed by atoms with Gasteiger partial charge in [-0.05, 0) is 37.5 Å². The van der Waals surface area contributed by atoms with Gasteiger partial charge in [-0.2, -0.15) is 5.10 Å². The quantitative estimate of drug-likeness (QED) is 0.709. The van der Waals surface area contributed by atoms with Crippen molar-refractivity contribution in [3.63, 3.8) is 0 Å². The lowest BCUT2D eigenvalue weighted by Gasteiger charge is -2.14. The highest BCUT2D eigenvalue weighted by molar-refractivity contribution is 6.02. The Balaban J connectivity index is 2.35. The molecule has 0 atom stereocenters. The summed E-state index contributed by atoms with van der Waals surface area (Å²) < 4.78 is 0. The Hall–Kier alpha value is -1.51. The molecule has 0 radical (unpaired) electrons. The molecule has 0 fully saturated rings. The van der Waals surface area contributed by atoms with E-state index >= 15 is 0 Å². The number of aryl methyl sites for hydroxylation is 1.